The lowest BCUT2D eigenvalue weighted by atomic mass is 10.1. The molecule has 108 valence electrons. The number of benzene rings is 1. The number of aromatic nitrogens is 2. The van der Waals surface area contributed by atoms with Gasteiger partial charge in [-0.05, 0) is 17.7 Å². The highest BCUT2D eigenvalue weighted by molar-refractivity contribution is 5.43. The Morgan fingerprint density at radius 3 is 2.70 bits per heavy atom. The summed E-state index contributed by atoms with van der Waals surface area (Å²) in [5.41, 5.74) is 6.27. The van der Waals surface area contributed by atoms with Gasteiger partial charge in [0.1, 0.15) is 6.10 Å². The number of hydrogen-bond acceptors (Lipinski definition) is 7. The van der Waals surface area contributed by atoms with E-state index in [0.717, 1.165) is 5.56 Å². The van der Waals surface area contributed by atoms with Crippen molar-refractivity contribution < 1.29 is 19.1 Å². The first-order chi connectivity index (χ1) is 9.67. The molecule has 0 aliphatic carbocycles. The van der Waals surface area contributed by atoms with Gasteiger partial charge in [-0.15, -0.1) is 0 Å². The van der Waals surface area contributed by atoms with Gasteiger partial charge in [0.05, 0.1) is 14.2 Å². The Hall–Kier alpha value is -2.12. The summed E-state index contributed by atoms with van der Waals surface area (Å²) in [5.74, 6) is 1.89. The molecule has 0 unspecified atom stereocenters. The van der Waals surface area contributed by atoms with E-state index in [9.17, 15) is 5.11 Å². The molecule has 0 saturated carbocycles. The summed E-state index contributed by atoms with van der Waals surface area (Å²) in [4.78, 5) is 4.09. The van der Waals surface area contributed by atoms with Crippen molar-refractivity contribution in [2.75, 3.05) is 20.8 Å². The molecule has 7 heteroatoms. The van der Waals surface area contributed by atoms with Crippen LogP contribution in [0.2, 0.25) is 0 Å². The lowest BCUT2D eigenvalue weighted by molar-refractivity contribution is 0.141. The zero-order valence-corrected chi connectivity index (χ0v) is 11.4. The van der Waals surface area contributed by atoms with E-state index < -0.39 is 6.10 Å². The van der Waals surface area contributed by atoms with Crippen LogP contribution in [0.15, 0.2) is 22.7 Å². The van der Waals surface area contributed by atoms with E-state index in [4.69, 9.17) is 19.7 Å². The van der Waals surface area contributed by atoms with Gasteiger partial charge in [0, 0.05) is 13.0 Å². The summed E-state index contributed by atoms with van der Waals surface area (Å²) in [6, 6.07) is 5.54. The predicted molar refractivity (Wildman–Crippen MR) is 70.7 cm³/mol. The normalized spacial score (nSPS) is 12.2. The molecule has 0 fully saturated rings. The SMILES string of the molecule is COc1ccc(Cc2noc([C@@H](O)CN)n2)cc1OC. The average Bonchev–Trinajstić information content (AvgIpc) is 2.94. The Morgan fingerprint density at radius 2 is 2.05 bits per heavy atom. The molecule has 1 aromatic carbocycles. The van der Waals surface area contributed by atoms with E-state index >= 15 is 0 Å². The number of hydrogen-bond donors (Lipinski definition) is 2. The number of aliphatic hydroxyl groups excluding tert-OH is 1. The van der Waals surface area contributed by atoms with Gasteiger partial charge in [0.2, 0.25) is 0 Å². The third-order valence-electron chi connectivity index (χ3n) is 2.80. The predicted octanol–water partition coefficient (Wildman–Crippen LogP) is 0.670. The van der Waals surface area contributed by atoms with Crippen LogP contribution >= 0.6 is 0 Å². The summed E-state index contributed by atoms with van der Waals surface area (Å²) in [7, 11) is 3.16. The van der Waals surface area contributed by atoms with E-state index in [0.29, 0.717) is 23.7 Å². The van der Waals surface area contributed by atoms with Gasteiger partial charge in [-0.1, -0.05) is 11.2 Å². The van der Waals surface area contributed by atoms with Crippen LogP contribution < -0.4 is 15.2 Å². The smallest absolute Gasteiger partial charge is 0.256 e. The number of rotatable bonds is 6. The standard InChI is InChI=1S/C13H17N3O4/c1-18-10-4-3-8(5-11(10)19-2)6-12-15-13(20-16-12)9(17)7-14/h3-5,9,17H,6-7,14H2,1-2H3/t9-/m0/s1. The molecular formula is C13H17N3O4. The monoisotopic (exact) mass is 279 g/mol. The van der Waals surface area contributed by atoms with E-state index in [2.05, 4.69) is 10.1 Å². The lowest BCUT2D eigenvalue weighted by Crippen LogP contribution is -2.11. The van der Waals surface area contributed by atoms with Crippen molar-refractivity contribution in [2.45, 2.75) is 12.5 Å². The van der Waals surface area contributed by atoms with Crippen LogP contribution in [0.3, 0.4) is 0 Å². The highest BCUT2D eigenvalue weighted by Gasteiger charge is 2.15. The highest BCUT2D eigenvalue weighted by atomic mass is 16.5. The van der Waals surface area contributed by atoms with Gasteiger partial charge in [-0.25, -0.2) is 0 Å². The van der Waals surface area contributed by atoms with Crippen LogP contribution in [0.5, 0.6) is 11.5 Å². The molecular weight excluding hydrogens is 262 g/mol. The van der Waals surface area contributed by atoms with Crippen molar-refractivity contribution in [3.63, 3.8) is 0 Å². The molecule has 0 aliphatic rings. The van der Waals surface area contributed by atoms with Crippen LogP contribution in [0.25, 0.3) is 0 Å². The Labute approximate surface area is 116 Å². The number of nitrogens with two attached hydrogens (primary N) is 1. The summed E-state index contributed by atoms with van der Waals surface area (Å²) < 4.78 is 15.3. The molecule has 7 nitrogen and oxygen atoms in total. The maximum absolute atomic E-state index is 9.50. The summed E-state index contributed by atoms with van der Waals surface area (Å²) in [5, 5.41) is 13.3. The van der Waals surface area contributed by atoms with Gasteiger partial charge in [-0.2, -0.15) is 4.98 Å². The molecule has 0 bridgehead atoms. The second kappa shape index (κ2) is 6.36. The van der Waals surface area contributed by atoms with E-state index in [1.165, 1.54) is 0 Å². The molecule has 0 radical (unpaired) electrons. The molecule has 0 saturated heterocycles. The molecule has 3 N–H and O–H groups in total. The zero-order valence-electron chi connectivity index (χ0n) is 11.4. The van der Waals surface area contributed by atoms with Gasteiger partial charge < -0.3 is 24.8 Å². The second-order valence-electron chi connectivity index (χ2n) is 4.17. The molecule has 1 atom stereocenters. The fourth-order valence-corrected chi connectivity index (χ4v) is 1.75. The van der Waals surface area contributed by atoms with Crippen molar-refractivity contribution in [1.82, 2.24) is 10.1 Å². The summed E-state index contributed by atoms with van der Waals surface area (Å²) >= 11 is 0. The topological polar surface area (TPSA) is 104 Å². The Morgan fingerprint density at radius 1 is 1.30 bits per heavy atom. The fourth-order valence-electron chi connectivity index (χ4n) is 1.75. The molecule has 0 aliphatic heterocycles. The van der Waals surface area contributed by atoms with Crippen molar-refractivity contribution in [2.24, 2.45) is 5.73 Å². The third-order valence-corrected chi connectivity index (χ3v) is 2.80. The number of methoxy groups -OCH3 is 2. The maximum Gasteiger partial charge on any atom is 0.256 e. The minimum absolute atomic E-state index is 0.0397. The second-order valence-corrected chi connectivity index (χ2v) is 4.17. The molecule has 20 heavy (non-hydrogen) atoms. The molecule has 0 spiro atoms. The van der Waals surface area contributed by atoms with Crippen molar-refractivity contribution in [1.29, 1.82) is 0 Å². The molecule has 1 heterocycles. The summed E-state index contributed by atoms with van der Waals surface area (Å²) in [6.07, 6.45) is -0.470. The van der Waals surface area contributed by atoms with Gasteiger partial charge in [0.25, 0.3) is 5.89 Å². The van der Waals surface area contributed by atoms with Crippen LogP contribution in [0.4, 0.5) is 0 Å². The minimum atomic E-state index is -0.929. The number of nitrogens with zero attached hydrogens (tertiary/aromatic N) is 2. The van der Waals surface area contributed by atoms with E-state index in [-0.39, 0.29) is 12.4 Å². The molecule has 2 aromatic rings. The van der Waals surface area contributed by atoms with Crippen LogP contribution in [-0.2, 0) is 6.42 Å². The summed E-state index contributed by atoms with van der Waals surface area (Å²) in [6.45, 7) is 0.0397. The van der Waals surface area contributed by atoms with Gasteiger partial charge >= 0.3 is 0 Å². The first-order valence-electron chi connectivity index (χ1n) is 6.09. The fraction of sp³-hybridized carbons (Fsp3) is 0.385. The van der Waals surface area contributed by atoms with Crippen LogP contribution in [-0.4, -0.2) is 36.0 Å². The molecule has 1 aromatic heterocycles. The highest BCUT2D eigenvalue weighted by Crippen LogP contribution is 2.28. The largest absolute Gasteiger partial charge is 0.493 e. The number of aliphatic hydroxyl groups is 1. The van der Waals surface area contributed by atoms with E-state index in [1.807, 2.05) is 18.2 Å². The van der Waals surface area contributed by atoms with Gasteiger partial charge in [0.15, 0.2) is 17.3 Å². The zero-order chi connectivity index (χ0) is 14.5. The van der Waals surface area contributed by atoms with E-state index in [1.54, 1.807) is 14.2 Å². The van der Waals surface area contributed by atoms with Gasteiger partial charge in [-0.3, -0.25) is 0 Å². The maximum atomic E-state index is 9.50. The average molecular weight is 279 g/mol. The quantitative estimate of drug-likeness (QED) is 0.800. The van der Waals surface area contributed by atoms with Crippen molar-refractivity contribution in [3.05, 3.63) is 35.5 Å². The van der Waals surface area contributed by atoms with Crippen molar-refractivity contribution >= 4 is 0 Å². The lowest BCUT2D eigenvalue weighted by Gasteiger charge is -2.08. The first kappa shape index (κ1) is 14.3. The van der Waals surface area contributed by atoms with Crippen molar-refractivity contribution in [3.8, 4) is 11.5 Å². The third kappa shape index (κ3) is 3.06. The minimum Gasteiger partial charge on any atom is -0.493 e. The molecule has 2 rings (SSSR count). The number of ether oxygens (including phenoxy) is 2. The Bertz CT molecular complexity index is 570. The Balaban J connectivity index is 2.15. The first-order valence-corrected chi connectivity index (χ1v) is 6.09. The van der Waals surface area contributed by atoms with Crippen LogP contribution in [0.1, 0.15) is 23.4 Å². The van der Waals surface area contributed by atoms with Crippen LogP contribution in [0, 0.1) is 0 Å². The Kier molecular flexibility index (Phi) is 4.54. The molecule has 0 amide bonds.